The highest BCUT2D eigenvalue weighted by Gasteiger charge is 2.20. The quantitative estimate of drug-likeness (QED) is 0.700. The summed E-state index contributed by atoms with van der Waals surface area (Å²) in [4.78, 5) is 25.9. The number of rotatable bonds is 4. The summed E-state index contributed by atoms with van der Waals surface area (Å²) in [5.41, 5.74) is 3.75. The molecule has 1 amide bonds. The molecule has 0 bridgehead atoms. The van der Waals surface area contributed by atoms with Gasteiger partial charge in [-0.05, 0) is 31.3 Å². The molecule has 0 saturated carbocycles. The van der Waals surface area contributed by atoms with Crippen LogP contribution >= 0.6 is 11.3 Å². The van der Waals surface area contributed by atoms with E-state index in [1.807, 2.05) is 47.4 Å². The second kappa shape index (κ2) is 7.98. The Morgan fingerprint density at radius 1 is 1.07 bits per heavy atom. The van der Waals surface area contributed by atoms with Crippen molar-refractivity contribution >= 4 is 17.2 Å². The van der Waals surface area contributed by atoms with Crippen LogP contribution in [0.5, 0.6) is 0 Å². The van der Waals surface area contributed by atoms with E-state index in [-0.39, 0.29) is 5.91 Å². The van der Waals surface area contributed by atoms with Gasteiger partial charge in [-0.1, -0.05) is 18.2 Å². The molecule has 4 rings (SSSR count). The fourth-order valence-corrected chi connectivity index (χ4v) is 3.98. The maximum atomic E-state index is 12.6. The average molecular weight is 379 g/mol. The molecule has 1 fully saturated rings. The summed E-state index contributed by atoms with van der Waals surface area (Å²) in [6.45, 7) is 3.45. The number of thiazole rings is 1. The molecule has 0 N–H and O–H groups in total. The molecule has 0 aliphatic carbocycles. The number of carbonyl (C=O) groups excluding carboxylic acids is 1. The van der Waals surface area contributed by atoms with E-state index in [1.165, 1.54) is 0 Å². The third-order valence-electron chi connectivity index (χ3n) is 4.83. The van der Waals surface area contributed by atoms with Crippen LogP contribution in [-0.2, 0) is 6.42 Å². The van der Waals surface area contributed by atoms with Gasteiger partial charge in [-0.2, -0.15) is 0 Å². The highest BCUT2D eigenvalue weighted by Crippen LogP contribution is 2.24. The van der Waals surface area contributed by atoms with E-state index >= 15 is 0 Å². The van der Waals surface area contributed by atoms with Gasteiger partial charge in [0, 0.05) is 61.0 Å². The Morgan fingerprint density at radius 3 is 2.56 bits per heavy atom. The lowest BCUT2D eigenvalue weighted by Crippen LogP contribution is -2.47. The van der Waals surface area contributed by atoms with Gasteiger partial charge in [0.1, 0.15) is 0 Å². The van der Waals surface area contributed by atoms with Gasteiger partial charge >= 0.3 is 0 Å². The average Bonchev–Trinajstić information content (AvgIpc) is 3.17. The van der Waals surface area contributed by atoms with Crippen LogP contribution in [-0.4, -0.2) is 58.9 Å². The van der Waals surface area contributed by atoms with Crippen molar-refractivity contribution in [2.75, 3.05) is 33.2 Å². The third kappa shape index (κ3) is 4.23. The number of hydrogen-bond donors (Lipinski definition) is 0. The minimum Gasteiger partial charge on any atom is -0.336 e. The van der Waals surface area contributed by atoms with Gasteiger partial charge in [-0.25, -0.2) is 4.98 Å². The highest BCUT2D eigenvalue weighted by atomic mass is 32.1. The van der Waals surface area contributed by atoms with Gasteiger partial charge in [0.05, 0.1) is 10.7 Å². The minimum absolute atomic E-state index is 0.115. The van der Waals surface area contributed by atoms with Crippen LogP contribution in [0.15, 0.2) is 54.0 Å². The van der Waals surface area contributed by atoms with Crippen molar-refractivity contribution in [1.82, 2.24) is 19.8 Å². The van der Waals surface area contributed by atoms with Crippen molar-refractivity contribution in [1.29, 1.82) is 0 Å². The summed E-state index contributed by atoms with van der Waals surface area (Å²) < 4.78 is 0. The number of nitrogens with zero attached hydrogens (tertiary/aromatic N) is 4. The molecule has 3 aromatic rings. The molecular weight excluding hydrogens is 356 g/mol. The number of piperazine rings is 1. The second-order valence-electron chi connectivity index (χ2n) is 6.80. The molecule has 1 aliphatic rings. The number of aromatic nitrogens is 2. The van der Waals surface area contributed by atoms with E-state index in [4.69, 9.17) is 4.98 Å². The van der Waals surface area contributed by atoms with Crippen molar-refractivity contribution in [2.24, 2.45) is 0 Å². The van der Waals surface area contributed by atoms with Crippen LogP contribution in [0.25, 0.3) is 11.3 Å². The molecule has 3 heterocycles. The molecule has 5 nitrogen and oxygen atoms in total. The number of hydrogen-bond acceptors (Lipinski definition) is 5. The van der Waals surface area contributed by atoms with E-state index in [1.54, 1.807) is 17.5 Å². The van der Waals surface area contributed by atoms with Gasteiger partial charge in [0.2, 0.25) is 0 Å². The number of likely N-dealkylation sites (N-methyl/N-ethyl adjacent to an activating group) is 1. The van der Waals surface area contributed by atoms with E-state index in [0.717, 1.165) is 60.1 Å². The fourth-order valence-electron chi connectivity index (χ4n) is 3.16. The molecule has 0 spiro atoms. The summed E-state index contributed by atoms with van der Waals surface area (Å²) >= 11 is 1.64. The van der Waals surface area contributed by atoms with Crippen molar-refractivity contribution < 1.29 is 4.79 Å². The number of amides is 1. The van der Waals surface area contributed by atoms with Crippen LogP contribution in [0, 0.1) is 0 Å². The topological polar surface area (TPSA) is 49.3 Å². The first-order chi connectivity index (χ1) is 13.2. The Hall–Kier alpha value is -2.57. The van der Waals surface area contributed by atoms with Crippen LogP contribution < -0.4 is 0 Å². The van der Waals surface area contributed by atoms with E-state index in [2.05, 4.69) is 22.3 Å². The minimum atomic E-state index is 0.115. The highest BCUT2D eigenvalue weighted by molar-refractivity contribution is 7.10. The Kier molecular flexibility index (Phi) is 5.27. The van der Waals surface area contributed by atoms with E-state index in [0.29, 0.717) is 0 Å². The summed E-state index contributed by atoms with van der Waals surface area (Å²) in [7, 11) is 2.09. The first kappa shape index (κ1) is 17.8. The standard InChI is InChI=1S/C21H22N4OS/c1-24-10-12-25(13-11-24)21(26)17-7-5-16(6-8-17)19-15-27-20(23-19)14-18-4-2-3-9-22-18/h2-9,15H,10-14H2,1H3. The van der Waals surface area contributed by atoms with Gasteiger partial charge in [0.15, 0.2) is 0 Å². The van der Waals surface area contributed by atoms with Gasteiger partial charge in [-0.15, -0.1) is 11.3 Å². The molecule has 27 heavy (non-hydrogen) atoms. The summed E-state index contributed by atoms with van der Waals surface area (Å²) in [6, 6.07) is 13.7. The number of carbonyl (C=O) groups is 1. The maximum Gasteiger partial charge on any atom is 0.253 e. The molecule has 0 atom stereocenters. The molecule has 1 aromatic carbocycles. The molecule has 138 valence electrons. The van der Waals surface area contributed by atoms with Crippen LogP contribution in [0.1, 0.15) is 21.1 Å². The molecular formula is C21H22N4OS. The summed E-state index contributed by atoms with van der Waals surface area (Å²) in [5.74, 6) is 0.115. The Bertz CT molecular complexity index is 899. The predicted molar refractivity (Wildman–Crippen MR) is 108 cm³/mol. The van der Waals surface area contributed by atoms with Crippen LogP contribution in [0.2, 0.25) is 0 Å². The number of benzene rings is 1. The second-order valence-corrected chi connectivity index (χ2v) is 7.74. The van der Waals surface area contributed by atoms with Gasteiger partial charge < -0.3 is 9.80 Å². The largest absolute Gasteiger partial charge is 0.336 e. The van der Waals surface area contributed by atoms with Crippen molar-refractivity contribution in [2.45, 2.75) is 6.42 Å². The zero-order valence-electron chi connectivity index (χ0n) is 15.3. The smallest absolute Gasteiger partial charge is 0.253 e. The molecule has 0 radical (unpaired) electrons. The Labute approximate surface area is 163 Å². The number of pyridine rings is 1. The lowest BCUT2D eigenvalue weighted by atomic mass is 10.1. The van der Waals surface area contributed by atoms with E-state index < -0.39 is 0 Å². The first-order valence-corrected chi connectivity index (χ1v) is 9.99. The zero-order chi connectivity index (χ0) is 18.6. The van der Waals surface area contributed by atoms with E-state index in [9.17, 15) is 4.79 Å². The molecule has 1 saturated heterocycles. The molecule has 0 unspecified atom stereocenters. The van der Waals surface area contributed by atoms with Crippen molar-refractivity contribution in [3.05, 3.63) is 70.3 Å². The Morgan fingerprint density at radius 2 is 1.85 bits per heavy atom. The zero-order valence-corrected chi connectivity index (χ0v) is 16.2. The van der Waals surface area contributed by atoms with Crippen molar-refractivity contribution in [3.63, 3.8) is 0 Å². The van der Waals surface area contributed by atoms with Gasteiger partial charge in [-0.3, -0.25) is 9.78 Å². The maximum absolute atomic E-state index is 12.6. The molecule has 6 heteroatoms. The Balaban J connectivity index is 1.44. The molecule has 2 aromatic heterocycles. The first-order valence-electron chi connectivity index (χ1n) is 9.11. The monoisotopic (exact) mass is 378 g/mol. The van der Waals surface area contributed by atoms with Crippen molar-refractivity contribution in [3.8, 4) is 11.3 Å². The summed E-state index contributed by atoms with van der Waals surface area (Å²) in [5, 5.41) is 3.11. The third-order valence-corrected chi connectivity index (χ3v) is 5.68. The van der Waals surface area contributed by atoms with Gasteiger partial charge in [0.25, 0.3) is 5.91 Å². The van der Waals surface area contributed by atoms with Crippen LogP contribution in [0.3, 0.4) is 0 Å². The SMILES string of the molecule is CN1CCN(C(=O)c2ccc(-c3csc(Cc4ccccn4)n3)cc2)CC1. The molecule has 1 aliphatic heterocycles. The lowest BCUT2D eigenvalue weighted by molar-refractivity contribution is 0.0664. The predicted octanol–water partition coefficient (Wildman–Crippen LogP) is 3.18. The van der Waals surface area contributed by atoms with Crippen LogP contribution in [0.4, 0.5) is 0 Å². The normalized spacial score (nSPS) is 15.1. The lowest BCUT2D eigenvalue weighted by Gasteiger charge is -2.32. The fraction of sp³-hybridized carbons (Fsp3) is 0.286. The summed E-state index contributed by atoms with van der Waals surface area (Å²) in [6.07, 6.45) is 2.55.